The molecular weight excluding hydrogens is 250 g/mol. The molecule has 2 fully saturated rings. The van der Waals surface area contributed by atoms with E-state index in [-0.39, 0.29) is 6.10 Å². The molecule has 0 radical (unpaired) electrons. The fourth-order valence-corrected chi connectivity index (χ4v) is 3.84. The lowest BCUT2D eigenvalue weighted by molar-refractivity contribution is -0.0322. The maximum absolute atomic E-state index is 10.5. The van der Waals surface area contributed by atoms with Crippen LogP contribution in [0.25, 0.3) is 0 Å². The van der Waals surface area contributed by atoms with Crippen LogP contribution in [0.3, 0.4) is 0 Å². The van der Waals surface area contributed by atoms with Crippen molar-refractivity contribution in [2.24, 2.45) is 17.8 Å². The average Bonchev–Trinajstić information content (AvgIpc) is 3.24. The number of hydrogen-bond acceptors (Lipinski definition) is 3. The van der Waals surface area contributed by atoms with Gasteiger partial charge in [-0.2, -0.15) is 0 Å². The fraction of sp³-hybridized carbons (Fsp3) is 1.00. The van der Waals surface area contributed by atoms with Gasteiger partial charge in [0.2, 0.25) is 0 Å². The molecule has 3 heteroatoms. The molecule has 4 unspecified atom stereocenters. The average molecular weight is 283 g/mol. The van der Waals surface area contributed by atoms with Gasteiger partial charge in [-0.25, -0.2) is 0 Å². The van der Waals surface area contributed by atoms with Gasteiger partial charge in [0.15, 0.2) is 0 Å². The highest BCUT2D eigenvalue weighted by molar-refractivity contribution is 4.94. The normalized spacial score (nSPS) is 32.9. The van der Waals surface area contributed by atoms with Gasteiger partial charge in [0.05, 0.1) is 12.7 Å². The maximum Gasteiger partial charge on any atom is 0.0695 e. The zero-order valence-electron chi connectivity index (χ0n) is 13.7. The number of aliphatic hydroxyl groups excluding tert-OH is 1. The number of nitrogens with zero attached hydrogens (tertiary/aromatic N) is 1. The van der Waals surface area contributed by atoms with Crippen LogP contribution in [0.1, 0.15) is 52.9 Å². The minimum Gasteiger partial charge on any atom is -0.391 e. The molecule has 0 spiro atoms. The Morgan fingerprint density at radius 2 is 1.75 bits per heavy atom. The summed E-state index contributed by atoms with van der Waals surface area (Å²) in [6.07, 6.45) is 5.88. The molecule has 20 heavy (non-hydrogen) atoms. The lowest BCUT2D eigenvalue weighted by atomic mass is 9.77. The van der Waals surface area contributed by atoms with Crippen LogP contribution >= 0.6 is 0 Å². The van der Waals surface area contributed by atoms with Gasteiger partial charge in [-0.15, -0.1) is 0 Å². The molecule has 0 bridgehead atoms. The van der Waals surface area contributed by atoms with E-state index in [9.17, 15) is 5.11 Å². The largest absolute Gasteiger partial charge is 0.391 e. The molecule has 118 valence electrons. The van der Waals surface area contributed by atoms with Crippen LogP contribution in [0.15, 0.2) is 0 Å². The Kier molecular flexibility index (Phi) is 5.88. The van der Waals surface area contributed by atoms with Gasteiger partial charge in [0, 0.05) is 25.7 Å². The Hall–Kier alpha value is -0.120. The van der Waals surface area contributed by atoms with Gasteiger partial charge < -0.3 is 9.84 Å². The quantitative estimate of drug-likeness (QED) is 0.780. The molecule has 3 nitrogen and oxygen atoms in total. The predicted molar refractivity (Wildman–Crippen MR) is 82.7 cm³/mol. The number of aliphatic hydroxyl groups is 1. The Morgan fingerprint density at radius 3 is 2.30 bits per heavy atom. The van der Waals surface area contributed by atoms with Crippen molar-refractivity contribution in [3.63, 3.8) is 0 Å². The number of rotatable bonds is 7. The van der Waals surface area contributed by atoms with Crippen LogP contribution in [0.4, 0.5) is 0 Å². The topological polar surface area (TPSA) is 32.7 Å². The van der Waals surface area contributed by atoms with Crippen LogP contribution in [0, 0.1) is 17.8 Å². The first-order valence-electron chi connectivity index (χ1n) is 8.47. The van der Waals surface area contributed by atoms with Gasteiger partial charge in [-0.3, -0.25) is 4.90 Å². The Morgan fingerprint density at radius 1 is 1.10 bits per heavy atom. The molecule has 4 atom stereocenters. The summed E-state index contributed by atoms with van der Waals surface area (Å²) in [6.45, 7) is 8.72. The van der Waals surface area contributed by atoms with Gasteiger partial charge in [0.1, 0.15) is 0 Å². The molecule has 2 saturated carbocycles. The van der Waals surface area contributed by atoms with Crippen LogP contribution in [0.5, 0.6) is 0 Å². The fourth-order valence-electron chi connectivity index (χ4n) is 3.84. The SMILES string of the molecule is COCCN(C(C)C1CC1)C1CC(C(C)C)CCC1O. The standard InChI is InChI=1S/C17H33NO2/c1-12(2)15-7-8-17(19)16(11-15)18(9-10-20-4)13(3)14-5-6-14/h12-17,19H,5-11H2,1-4H3. The van der Waals surface area contributed by atoms with E-state index in [4.69, 9.17) is 4.74 Å². The molecule has 0 aromatic heterocycles. The van der Waals surface area contributed by atoms with Crippen LogP contribution < -0.4 is 0 Å². The number of hydrogen-bond donors (Lipinski definition) is 1. The van der Waals surface area contributed by atoms with E-state index < -0.39 is 0 Å². The lowest BCUT2D eigenvalue weighted by Crippen LogP contribution is -2.53. The highest BCUT2D eigenvalue weighted by Crippen LogP contribution is 2.39. The zero-order chi connectivity index (χ0) is 14.7. The summed E-state index contributed by atoms with van der Waals surface area (Å²) < 4.78 is 5.30. The molecule has 2 aliphatic rings. The van der Waals surface area contributed by atoms with Gasteiger partial charge in [0.25, 0.3) is 0 Å². The molecule has 0 saturated heterocycles. The molecule has 0 heterocycles. The van der Waals surface area contributed by atoms with E-state index in [1.807, 2.05) is 0 Å². The lowest BCUT2D eigenvalue weighted by Gasteiger charge is -2.44. The first kappa shape index (κ1) is 16.3. The molecule has 1 N–H and O–H groups in total. The summed E-state index contributed by atoms with van der Waals surface area (Å²) in [7, 11) is 1.77. The van der Waals surface area contributed by atoms with Crippen molar-refractivity contribution < 1.29 is 9.84 Å². The second-order valence-corrected chi connectivity index (χ2v) is 7.26. The number of methoxy groups -OCH3 is 1. The summed E-state index contributed by atoms with van der Waals surface area (Å²) in [5.41, 5.74) is 0. The Bertz CT molecular complexity index is 291. The summed E-state index contributed by atoms with van der Waals surface area (Å²) in [6, 6.07) is 0.928. The zero-order valence-corrected chi connectivity index (χ0v) is 13.7. The predicted octanol–water partition coefficient (Wildman–Crippen LogP) is 2.92. The summed E-state index contributed by atoms with van der Waals surface area (Å²) in [5.74, 6) is 2.34. The summed E-state index contributed by atoms with van der Waals surface area (Å²) >= 11 is 0. The van der Waals surface area contributed by atoms with Crippen molar-refractivity contribution >= 4 is 0 Å². The highest BCUT2D eigenvalue weighted by atomic mass is 16.5. The maximum atomic E-state index is 10.5. The molecule has 0 aromatic carbocycles. The van der Waals surface area contributed by atoms with Crippen molar-refractivity contribution in [3.05, 3.63) is 0 Å². The third-order valence-corrected chi connectivity index (χ3v) is 5.57. The number of ether oxygens (including phenoxy) is 1. The molecule has 2 rings (SSSR count). The van der Waals surface area contributed by atoms with Gasteiger partial charge >= 0.3 is 0 Å². The third kappa shape index (κ3) is 3.96. The Labute approximate surface area is 124 Å². The van der Waals surface area contributed by atoms with Crippen molar-refractivity contribution in [1.82, 2.24) is 4.90 Å². The van der Waals surface area contributed by atoms with Gasteiger partial charge in [-0.1, -0.05) is 13.8 Å². The van der Waals surface area contributed by atoms with Crippen molar-refractivity contribution in [2.75, 3.05) is 20.3 Å². The molecular formula is C17H33NO2. The van der Waals surface area contributed by atoms with Gasteiger partial charge in [-0.05, 0) is 56.8 Å². The minimum absolute atomic E-state index is 0.150. The van der Waals surface area contributed by atoms with Crippen molar-refractivity contribution in [3.8, 4) is 0 Å². The summed E-state index contributed by atoms with van der Waals surface area (Å²) in [4.78, 5) is 2.56. The summed E-state index contributed by atoms with van der Waals surface area (Å²) in [5, 5.41) is 10.5. The van der Waals surface area contributed by atoms with Crippen LogP contribution in [-0.2, 0) is 4.74 Å². The van der Waals surface area contributed by atoms with E-state index in [0.29, 0.717) is 12.1 Å². The third-order valence-electron chi connectivity index (χ3n) is 5.57. The van der Waals surface area contributed by atoms with E-state index in [2.05, 4.69) is 25.7 Å². The second kappa shape index (κ2) is 7.24. The molecule has 0 aromatic rings. The molecule has 0 aliphatic heterocycles. The second-order valence-electron chi connectivity index (χ2n) is 7.26. The van der Waals surface area contributed by atoms with E-state index in [1.165, 1.54) is 19.3 Å². The highest BCUT2D eigenvalue weighted by Gasteiger charge is 2.40. The van der Waals surface area contributed by atoms with Crippen LogP contribution in [-0.4, -0.2) is 48.5 Å². The first-order chi connectivity index (χ1) is 9.54. The Balaban J connectivity index is 2.03. The molecule has 2 aliphatic carbocycles. The first-order valence-corrected chi connectivity index (χ1v) is 8.47. The molecule has 0 amide bonds. The smallest absolute Gasteiger partial charge is 0.0695 e. The van der Waals surface area contributed by atoms with Crippen molar-refractivity contribution in [1.29, 1.82) is 0 Å². The van der Waals surface area contributed by atoms with Crippen LogP contribution in [0.2, 0.25) is 0 Å². The monoisotopic (exact) mass is 283 g/mol. The van der Waals surface area contributed by atoms with Crippen molar-refractivity contribution in [2.45, 2.75) is 71.1 Å². The van der Waals surface area contributed by atoms with E-state index in [1.54, 1.807) is 7.11 Å². The van der Waals surface area contributed by atoms with E-state index in [0.717, 1.165) is 43.7 Å². The van der Waals surface area contributed by atoms with E-state index >= 15 is 0 Å². The minimum atomic E-state index is -0.150.